The number of carbonyl (C=O) groups is 2. The summed E-state index contributed by atoms with van der Waals surface area (Å²) in [6.07, 6.45) is 4.91. The Morgan fingerprint density at radius 3 is 2.85 bits per heavy atom. The number of rotatable bonds is 2. The van der Waals surface area contributed by atoms with Gasteiger partial charge in [0, 0.05) is 43.4 Å². The van der Waals surface area contributed by atoms with Crippen molar-refractivity contribution < 1.29 is 18.7 Å². The molecule has 0 unspecified atom stereocenters. The van der Waals surface area contributed by atoms with Gasteiger partial charge in [0.15, 0.2) is 5.78 Å². The molecule has 1 aromatic heterocycles. The number of amides is 1. The monoisotopic (exact) mass is 354 g/mol. The fraction of sp³-hybridized carbons (Fsp3) is 0.350. The van der Waals surface area contributed by atoms with Crippen molar-refractivity contribution in [1.82, 2.24) is 9.88 Å². The molecule has 134 valence electrons. The Balaban J connectivity index is 1.49. The highest BCUT2D eigenvalue weighted by Crippen LogP contribution is 2.34. The highest BCUT2D eigenvalue weighted by Gasteiger charge is 2.36. The Morgan fingerprint density at radius 1 is 1.23 bits per heavy atom. The van der Waals surface area contributed by atoms with Crippen LogP contribution in [0.15, 0.2) is 42.7 Å². The third-order valence-corrected chi connectivity index (χ3v) is 5.11. The molecule has 26 heavy (non-hydrogen) atoms. The highest BCUT2D eigenvalue weighted by molar-refractivity contribution is 6.00. The number of Topliss-reactive ketones (excluding diaryl/α,β-unsaturated/α-hetero) is 1. The molecule has 2 aromatic rings. The molecule has 2 aliphatic heterocycles. The van der Waals surface area contributed by atoms with Gasteiger partial charge in [-0.05, 0) is 43.2 Å². The molecule has 0 aliphatic carbocycles. The second kappa shape index (κ2) is 6.86. The third kappa shape index (κ3) is 3.19. The lowest BCUT2D eigenvalue weighted by Gasteiger charge is -2.38. The topological polar surface area (TPSA) is 59.5 Å². The van der Waals surface area contributed by atoms with Crippen LogP contribution in [0.3, 0.4) is 0 Å². The van der Waals surface area contributed by atoms with E-state index >= 15 is 0 Å². The normalized spacial score (nSPS) is 22.5. The largest absolute Gasteiger partial charge is 0.489 e. The van der Waals surface area contributed by atoms with E-state index in [2.05, 4.69) is 4.98 Å². The fourth-order valence-electron chi connectivity index (χ4n) is 3.76. The number of carbonyl (C=O) groups excluding carboxylic acids is 2. The predicted molar refractivity (Wildman–Crippen MR) is 92.6 cm³/mol. The van der Waals surface area contributed by atoms with Crippen LogP contribution in [0, 0.1) is 11.7 Å². The molecule has 3 heterocycles. The van der Waals surface area contributed by atoms with Gasteiger partial charge in [-0.15, -0.1) is 0 Å². The summed E-state index contributed by atoms with van der Waals surface area (Å²) in [5.74, 6) is -0.0529. The highest BCUT2D eigenvalue weighted by atomic mass is 19.1. The van der Waals surface area contributed by atoms with Gasteiger partial charge in [-0.1, -0.05) is 0 Å². The standard InChI is InChI=1S/C20H19FN2O3/c21-15-3-4-18-16(10-15)17(24)11-19(26-18)14-2-1-9-23(12-14)20(25)13-5-7-22-8-6-13/h3-8,10,14,19H,1-2,9,11-12H2/t14-,19+/m1/s1. The van der Waals surface area contributed by atoms with E-state index < -0.39 is 5.82 Å². The fourth-order valence-corrected chi connectivity index (χ4v) is 3.76. The van der Waals surface area contributed by atoms with Crippen molar-refractivity contribution in [2.24, 2.45) is 5.92 Å². The van der Waals surface area contributed by atoms with E-state index in [1.165, 1.54) is 18.2 Å². The van der Waals surface area contributed by atoms with E-state index in [9.17, 15) is 14.0 Å². The van der Waals surface area contributed by atoms with Crippen molar-refractivity contribution in [2.75, 3.05) is 13.1 Å². The van der Waals surface area contributed by atoms with Crippen molar-refractivity contribution in [2.45, 2.75) is 25.4 Å². The van der Waals surface area contributed by atoms with Crippen LogP contribution >= 0.6 is 0 Å². The van der Waals surface area contributed by atoms with E-state index in [1.54, 1.807) is 24.5 Å². The van der Waals surface area contributed by atoms with Crippen LogP contribution in [0.25, 0.3) is 0 Å². The minimum absolute atomic E-state index is 0.0262. The molecule has 1 saturated heterocycles. The number of aromatic nitrogens is 1. The third-order valence-electron chi connectivity index (χ3n) is 5.11. The first-order valence-corrected chi connectivity index (χ1v) is 8.80. The quantitative estimate of drug-likeness (QED) is 0.831. The molecule has 4 rings (SSSR count). The van der Waals surface area contributed by atoms with Gasteiger partial charge >= 0.3 is 0 Å². The van der Waals surface area contributed by atoms with Gasteiger partial charge in [0.2, 0.25) is 0 Å². The average Bonchev–Trinajstić information content (AvgIpc) is 2.68. The first kappa shape index (κ1) is 16.7. The first-order chi connectivity index (χ1) is 12.6. The number of hydrogen-bond donors (Lipinski definition) is 0. The molecule has 0 radical (unpaired) electrons. The number of likely N-dealkylation sites (tertiary alicyclic amines) is 1. The predicted octanol–water partition coefficient (Wildman–Crippen LogP) is 3.11. The maximum absolute atomic E-state index is 13.4. The molecule has 1 amide bonds. The zero-order chi connectivity index (χ0) is 18.1. The van der Waals surface area contributed by atoms with Crippen molar-refractivity contribution in [3.63, 3.8) is 0 Å². The SMILES string of the molecule is O=C1C[C@@H]([C@@H]2CCCN(C(=O)c3ccncc3)C2)Oc2ccc(F)cc21. The second-order valence-electron chi connectivity index (χ2n) is 6.81. The van der Waals surface area contributed by atoms with Crippen molar-refractivity contribution in [3.8, 4) is 5.75 Å². The molecule has 2 atom stereocenters. The Labute approximate surface area is 150 Å². The Hall–Kier alpha value is -2.76. The zero-order valence-corrected chi connectivity index (χ0v) is 14.2. The molecule has 6 heteroatoms. The van der Waals surface area contributed by atoms with Crippen molar-refractivity contribution in [1.29, 1.82) is 0 Å². The smallest absolute Gasteiger partial charge is 0.253 e. The number of halogens is 1. The summed E-state index contributed by atoms with van der Waals surface area (Å²) in [6, 6.07) is 7.45. The van der Waals surface area contributed by atoms with Gasteiger partial charge < -0.3 is 9.64 Å². The minimum atomic E-state index is -0.439. The number of hydrogen-bond acceptors (Lipinski definition) is 4. The van der Waals surface area contributed by atoms with Crippen LogP contribution in [0.4, 0.5) is 4.39 Å². The van der Waals surface area contributed by atoms with Crippen LogP contribution in [-0.4, -0.2) is 40.8 Å². The molecule has 0 bridgehead atoms. The summed E-state index contributed by atoms with van der Waals surface area (Å²) < 4.78 is 19.4. The Morgan fingerprint density at radius 2 is 2.04 bits per heavy atom. The average molecular weight is 354 g/mol. The molecule has 0 saturated carbocycles. The van der Waals surface area contributed by atoms with E-state index in [-0.39, 0.29) is 30.1 Å². The van der Waals surface area contributed by atoms with Crippen LogP contribution in [0.1, 0.15) is 40.0 Å². The molecule has 0 N–H and O–H groups in total. The van der Waals surface area contributed by atoms with Gasteiger partial charge in [0.1, 0.15) is 17.7 Å². The van der Waals surface area contributed by atoms with E-state index in [4.69, 9.17) is 4.74 Å². The molecule has 1 aromatic carbocycles. The van der Waals surface area contributed by atoms with Gasteiger partial charge in [-0.2, -0.15) is 0 Å². The summed E-state index contributed by atoms with van der Waals surface area (Å²) in [5.41, 5.74) is 0.920. The summed E-state index contributed by atoms with van der Waals surface area (Å²) in [6.45, 7) is 1.25. The number of ether oxygens (including phenoxy) is 1. The van der Waals surface area contributed by atoms with E-state index in [0.29, 0.717) is 30.0 Å². The van der Waals surface area contributed by atoms with Gasteiger partial charge in [0.05, 0.1) is 5.56 Å². The van der Waals surface area contributed by atoms with Crippen LogP contribution < -0.4 is 4.74 Å². The minimum Gasteiger partial charge on any atom is -0.489 e. The van der Waals surface area contributed by atoms with E-state index in [1.807, 2.05) is 4.90 Å². The lowest BCUT2D eigenvalue weighted by Crippen LogP contribution is -2.46. The molecule has 1 fully saturated rings. The Bertz CT molecular complexity index is 840. The number of fused-ring (bicyclic) bond motifs is 1. The van der Waals surface area contributed by atoms with Gasteiger partial charge in [0.25, 0.3) is 5.91 Å². The molecule has 5 nitrogen and oxygen atoms in total. The molecule has 0 spiro atoms. The van der Waals surface area contributed by atoms with Crippen molar-refractivity contribution in [3.05, 3.63) is 59.7 Å². The number of benzene rings is 1. The van der Waals surface area contributed by atoms with Gasteiger partial charge in [-0.3, -0.25) is 14.6 Å². The first-order valence-electron chi connectivity index (χ1n) is 8.80. The molecule has 2 aliphatic rings. The Kier molecular flexibility index (Phi) is 4.41. The van der Waals surface area contributed by atoms with Crippen LogP contribution in [0.5, 0.6) is 5.75 Å². The molecular weight excluding hydrogens is 335 g/mol. The maximum Gasteiger partial charge on any atom is 0.253 e. The summed E-state index contributed by atoms with van der Waals surface area (Å²) in [5, 5.41) is 0. The van der Waals surface area contributed by atoms with E-state index in [0.717, 1.165) is 12.8 Å². The number of piperidine rings is 1. The summed E-state index contributed by atoms with van der Waals surface area (Å²) >= 11 is 0. The molecular formula is C20H19FN2O3. The lowest BCUT2D eigenvalue weighted by atomic mass is 9.86. The summed E-state index contributed by atoms with van der Waals surface area (Å²) in [7, 11) is 0. The summed E-state index contributed by atoms with van der Waals surface area (Å²) in [4.78, 5) is 30.8. The van der Waals surface area contributed by atoms with Crippen LogP contribution in [-0.2, 0) is 0 Å². The maximum atomic E-state index is 13.4. The number of ketones is 1. The van der Waals surface area contributed by atoms with Gasteiger partial charge in [-0.25, -0.2) is 4.39 Å². The second-order valence-corrected chi connectivity index (χ2v) is 6.81. The zero-order valence-electron chi connectivity index (χ0n) is 14.2. The lowest BCUT2D eigenvalue weighted by molar-refractivity contribution is 0.0408. The number of pyridine rings is 1. The van der Waals surface area contributed by atoms with Crippen LogP contribution in [0.2, 0.25) is 0 Å². The number of nitrogens with zero attached hydrogens (tertiary/aromatic N) is 2. The van der Waals surface area contributed by atoms with Crippen molar-refractivity contribution >= 4 is 11.7 Å².